The molecule has 2 aromatic carbocycles. The van der Waals surface area contributed by atoms with E-state index in [-0.39, 0.29) is 11.8 Å². The highest BCUT2D eigenvalue weighted by molar-refractivity contribution is 5.93. The fourth-order valence-electron chi connectivity index (χ4n) is 2.66. The van der Waals surface area contributed by atoms with Gasteiger partial charge in [-0.2, -0.15) is 0 Å². The Hall–Kier alpha value is -3.74. The number of nitrogens with one attached hydrogen (secondary N) is 2. The van der Waals surface area contributed by atoms with Crippen molar-refractivity contribution >= 4 is 29.1 Å². The monoisotopic (exact) mass is 375 g/mol. The average molecular weight is 375 g/mol. The minimum Gasteiger partial charge on any atom is -0.337 e. The summed E-state index contributed by atoms with van der Waals surface area (Å²) in [6.45, 7) is 1.96. The summed E-state index contributed by atoms with van der Waals surface area (Å²) in [6.07, 6.45) is 2.99. The van der Waals surface area contributed by atoms with E-state index in [2.05, 4.69) is 20.6 Å². The Morgan fingerprint density at radius 2 is 1.64 bits per heavy atom. The van der Waals surface area contributed by atoms with Gasteiger partial charge >= 0.3 is 0 Å². The summed E-state index contributed by atoms with van der Waals surface area (Å²) in [5, 5.41) is 5.77. The molecule has 2 amide bonds. The maximum absolute atomic E-state index is 12.6. The van der Waals surface area contributed by atoms with E-state index in [4.69, 9.17) is 0 Å². The first-order chi connectivity index (χ1) is 13.5. The molecule has 1 aromatic heterocycles. The van der Waals surface area contributed by atoms with E-state index >= 15 is 0 Å². The predicted octanol–water partition coefficient (Wildman–Crippen LogP) is 3.45. The lowest BCUT2D eigenvalue weighted by atomic mass is 10.2. The molecule has 7 heteroatoms. The first-order valence-electron chi connectivity index (χ1n) is 8.77. The van der Waals surface area contributed by atoms with Gasteiger partial charge in [0.15, 0.2) is 0 Å². The second kappa shape index (κ2) is 8.77. The van der Waals surface area contributed by atoms with Crippen molar-refractivity contribution in [1.29, 1.82) is 0 Å². The number of amides is 2. The SMILES string of the molecule is CC(=O)Nc1cccc(Nc2ncc(C(=O)N(C)Cc3ccccc3)cn2)c1. The number of hydrogen-bond donors (Lipinski definition) is 2. The summed E-state index contributed by atoms with van der Waals surface area (Å²) >= 11 is 0. The molecule has 0 saturated carbocycles. The quantitative estimate of drug-likeness (QED) is 0.689. The van der Waals surface area contributed by atoms with Crippen LogP contribution in [0.2, 0.25) is 0 Å². The minimum atomic E-state index is -0.150. The van der Waals surface area contributed by atoms with Gasteiger partial charge in [-0.05, 0) is 23.8 Å². The van der Waals surface area contributed by atoms with Crippen LogP contribution in [-0.4, -0.2) is 33.7 Å². The highest BCUT2D eigenvalue weighted by Gasteiger charge is 2.13. The first-order valence-corrected chi connectivity index (χ1v) is 8.77. The molecular formula is C21H21N5O2. The molecule has 0 fully saturated rings. The number of nitrogens with zero attached hydrogens (tertiary/aromatic N) is 3. The number of anilines is 3. The molecule has 0 radical (unpaired) electrons. The van der Waals surface area contributed by atoms with Crippen molar-refractivity contribution in [2.75, 3.05) is 17.7 Å². The van der Waals surface area contributed by atoms with E-state index in [0.717, 1.165) is 11.3 Å². The normalized spacial score (nSPS) is 10.2. The standard InChI is InChI=1S/C21H21N5O2/c1-15(27)24-18-9-6-10-19(11-18)25-21-22-12-17(13-23-21)20(28)26(2)14-16-7-4-3-5-8-16/h3-13H,14H2,1-2H3,(H,24,27)(H,22,23,25). The summed E-state index contributed by atoms with van der Waals surface area (Å²) in [7, 11) is 1.75. The van der Waals surface area contributed by atoms with Gasteiger partial charge < -0.3 is 15.5 Å². The van der Waals surface area contributed by atoms with E-state index in [1.165, 1.54) is 19.3 Å². The van der Waals surface area contributed by atoms with Crippen LogP contribution in [-0.2, 0) is 11.3 Å². The van der Waals surface area contributed by atoms with E-state index in [1.54, 1.807) is 24.1 Å². The van der Waals surface area contributed by atoms with Crippen molar-refractivity contribution in [2.45, 2.75) is 13.5 Å². The van der Waals surface area contributed by atoms with Crippen LogP contribution in [0.4, 0.5) is 17.3 Å². The number of carbonyl (C=O) groups excluding carboxylic acids is 2. The molecule has 1 heterocycles. The molecule has 0 spiro atoms. The molecule has 3 rings (SSSR count). The van der Waals surface area contributed by atoms with Gasteiger partial charge in [-0.25, -0.2) is 9.97 Å². The van der Waals surface area contributed by atoms with Crippen molar-refractivity contribution in [3.05, 3.63) is 78.1 Å². The van der Waals surface area contributed by atoms with E-state index in [9.17, 15) is 9.59 Å². The van der Waals surface area contributed by atoms with Gasteiger partial charge in [0.2, 0.25) is 11.9 Å². The third-order valence-corrected chi connectivity index (χ3v) is 3.95. The highest BCUT2D eigenvalue weighted by Crippen LogP contribution is 2.18. The molecule has 0 atom stereocenters. The molecule has 0 bridgehead atoms. The fourth-order valence-corrected chi connectivity index (χ4v) is 2.66. The lowest BCUT2D eigenvalue weighted by Gasteiger charge is -2.17. The van der Waals surface area contributed by atoms with Gasteiger partial charge in [0.05, 0.1) is 5.56 Å². The van der Waals surface area contributed by atoms with Crippen LogP contribution in [0.15, 0.2) is 67.0 Å². The van der Waals surface area contributed by atoms with Crippen LogP contribution in [0.25, 0.3) is 0 Å². The number of aromatic nitrogens is 2. The van der Waals surface area contributed by atoms with Crippen LogP contribution < -0.4 is 10.6 Å². The van der Waals surface area contributed by atoms with Crippen molar-refractivity contribution in [3.8, 4) is 0 Å². The summed E-state index contributed by atoms with van der Waals surface area (Å²) in [5.74, 6) is 0.0705. The molecule has 2 N–H and O–H groups in total. The zero-order valence-corrected chi connectivity index (χ0v) is 15.7. The molecule has 0 aliphatic rings. The molecular weight excluding hydrogens is 354 g/mol. The number of rotatable bonds is 6. The largest absolute Gasteiger partial charge is 0.337 e. The first kappa shape index (κ1) is 19.0. The Morgan fingerprint density at radius 1 is 0.964 bits per heavy atom. The lowest BCUT2D eigenvalue weighted by molar-refractivity contribution is -0.114. The summed E-state index contributed by atoms with van der Waals surface area (Å²) < 4.78 is 0. The Bertz CT molecular complexity index is 958. The summed E-state index contributed by atoms with van der Waals surface area (Å²) in [4.78, 5) is 33.8. The topological polar surface area (TPSA) is 87.2 Å². The van der Waals surface area contributed by atoms with Gasteiger partial charge in [0.1, 0.15) is 0 Å². The Morgan fingerprint density at radius 3 is 2.32 bits per heavy atom. The van der Waals surface area contributed by atoms with Crippen molar-refractivity contribution in [1.82, 2.24) is 14.9 Å². The zero-order chi connectivity index (χ0) is 19.9. The number of hydrogen-bond acceptors (Lipinski definition) is 5. The minimum absolute atomic E-state index is 0.143. The maximum Gasteiger partial charge on any atom is 0.257 e. The van der Waals surface area contributed by atoms with Crippen LogP contribution in [0.5, 0.6) is 0 Å². The summed E-state index contributed by atoms with van der Waals surface area (Å²) in [5.41, 5.74) is 2.87. The zero-order valence-electron chi connectivity index (χ0n) is 15.7. The van der Waals surface area contributed by atoms with Gasteiger partial charge in [-0.15, -0.1) is 0 Å². The molecule has 7 nitrogen and oxygen atoms in total. The molecule has 0 aliphatic carbocycles. The van der Waals surface area contributed by atoms with Crippen molar-refractivity contribution in [3.63, 3.8) is 0 Å². The lowest BCUT2D eigenvalue weighted by Crippen LogP contribution is -2.26. The average Bonchev–Trinajstić information content (AvgIpc) is 2.68. The van der Waals surface area contributed by atoms with Crippen molar-refractivity contribution < 1.29 is 9.59 Å². The highest BCUT2D eigenvalue weighted by atomic mass is 16.2. The predicted molar refractivity (Wildman–Crippen MR) is 108 cm³/mol. The Kier molecular flexibility index (Phi) is 5.96. The molecule has 142 valence electrons. The van der Waals surface area contributed by atoms with Crippen molar-refractivity contribution in [2.24, 2.45) is 0 Å². The van der Waals surface area contributed by atoms with Crippen LogP contribution in [0.1, 0.15) is 22.8 Å². The van der Waals surface area contributed by atoms with E-state index in [0.29, 0.717) is 23.7 Å². The van der Waals surface area contributed by atoms with Gasteiger partial charge in [-0.3, -0.25) is 9.59 Å². The molecule has 0 aliphatic heterocycles. The van der Waals surface area contributed by atoms with Gasteiger partial charge in [0, 0.05) is 44.3 Å². The number of benzene rings is 2. The molecule has 0 unspecified atom stereocenters. The smallest absolute Gasteiger partial charge is 0.257 e. The van der Waals surface area contributed by atoms with Crippen LogP contribution >= 0.6 is 0 Å². The van der Waals surface area contributed by atoms with E-state index in [1.807, 2.05) is 42.5 Å². The summed E-state index contributed by atoms with van der Waals surface area (Å²) in [6, 6.07) is 17.0. The Balaban J connectivity index is 1.64. The van der Waals surface area contributed by atoms with Gasteiger partial charge in [-0.1, -0.05) is 36.4 Å². The van der Waals surface area contributed by atoms with E-state index < -0.39 is 0 Å². The van der Waals surface area contributed by atoms with Crippen LogP contribution in [0, 0.1) is 0 Å². The Labute approximate surface area is 163 Å². The van der Waals surface area contributed by atoms with Gasteiger partial charge in [0.25, 0.3) is 5.91 Å². The fraction of sp³-hybridized carbons (Fsp3) is 0.143. The third-order valence-electron chi connectivity index (χ3n) is 3.95. The maximum atomic E-state index is 12.6. The third kappa shape index (κ3) is 5.14. The second-order valence-electron chi connectivity index (χ2n) is 6.33. The molecule has 28 heavy (non-hydrogen) atoms. The molecule has 3 aromatic rings. The second-order valence-corrected chi connectivity index (χ2v) is 6.33. The number of carbonyl (C=O) groups is 2. The van der Waals surface area contributed by atoms with Crippen LogP contribution in [0.3, 0.4) is 0 Å². The molecule has 0 saturated heterocycles.